The number of carbonyl (C=O) groups is 1. The zero-order valence-corrected chi connectivity index (χ0v) is 13.5. The zero-order chi connectivity index (χ0) is 17.5. The number of hydrazone groups is 1. The summed E-state index contributed by atoms with van der Waals surface area (Å²) in [6.07, 6.45) is 0.166. The van der Waals surface area contributed by atoms with Crippen LogP contribution in [0.2, 0.25) is 0 Å². The van der Waals surface area contributed by atoms with Gasteiger partial charge < -0.3 is 9.47 Å². The van der Waals surface area contributed by atoms with Crippen molar-refractivity contribution >= 4 is 12.2 Å². The highest BCUT2D eigenvalue weighted by molar-refractivity contribution is 5.96. The van der Waals surface area contributed by atoms with Gasteiger partial charge in [0.2, 0.25) is 12.1 Å². The van der Waals surface area contributed by atoms with Gasteiger partial charge in [0, 0.05) is 5.56 Å². The van der Waals surface area contributed by atoms with Crippen molar-refractivity contribution in [2.75, 3.05) is 6.54 Å². The SMILES string of the molecule is N#CCCN1N=C(c2ccc(OCc3ccccc3)cc2)OC1C=O. The molecule has 0 amide bonds. The largest absolute Gasteiger partial charge is 0.489 e. The van der Waals surface area contributed by atoms with Crippen LogP contribution >= 0.6 is 0 Å². The number of aldehydes is 1. The second kappa shape index (κ2) is 7.97. The highest BCUT2D eigenvalue weighted by Crippen LogP contribution is 2.20. The molecule has 0 spiro atoms. The predicted octanol–water partition coefficient (Wildman–Crippen LogP) is 2.70. The number of carbonyl (C=O) groups excluding carboxylic acids is 1. The van der Waals surface area contributed by atoms with Gasteiger partial charge in [-0.2, -0.15) is 5.26 Å². The average Bonchev–Trinajstić information content (AvgIpc) is 3.09. The normalized spacial score (nSPS) is 15.9. The van der Waals surface area contributed by atoms with Crippen LogP contribution in [0, 0.1) is 11.3 Å². The monoisotopic (exact) mass is 335 g/mol. The van der Waals surface area contributed by atoms with E-state index >= 15 is 0 Å². The van der Waals surface area contributed by atoms with Crippen molar-refractivity contribution in [1.29, 1.82) is 5.26 Å². The van der Waals surface area contributed by atoms with Crippen LogP contribution in [0.15, 0.2) is 59.7 Å². The lowest BCUT2D eigenvalue weighted by molar-refractivity contribution is -0.119. The van der Waals surface area contributed by atoms with Gasteiger partial charge in [-0.15, -0.1) is 5.10 Å². The summed E-state index contributed by atoms with van der Waals surface area (Å²) in [4.78, 5) is 11.1. The van der Waals surface area contributed by atoms with Gasteiger partial charge in [0.25, 0.3) is 0 Å². The molecule has 0 aliphatic carbocycles. The van der Waals surface area contributed by atoms with E-state index in [4.69, 9.17) is 14.7 Å². The summed E-state index contributed by atoms with van der Waals surface area (Å²) >= 11 is 0. The first kappa shape index (κ1) is 16.5. The minimum atomic E-state index is -0.780. The lowest BCUT2D eigenvalue weighted by Gasteiger charge is -2.14. The maximum Gasteiger partial charge on any atom is 0.245 e. The van der Waals surface area contributed by atoms with E-state index in [2.05, 4.69) is 5.10 Å². The summed E-state index contributed by atoms with van der Waals surface area (Å²) in [5, 5.41) is 14.4. The van der Waals surface area contributed by atoms with Crippen molar-refractivity contribution < 1.29 is 14.3 Å². The molecular weight excluding hydrogens is 318 g/mol. The number of nitriles is 1. The fraction of sp³-hybridized carbons (Fsp3) is 0.211. The summed E-state index contributed by atoms with van der Waals surface area (Å²) in [6.45, 7) is 0.842. The Labute approximate surface area is 145 Å². The minimum Gasteiger partial charge on any atom is -0.489 e. The van der Waals surface area contributed by atoms with Gasteiger partial charge in [0.1, 0.15) is 12.4 Å². The predicted molar refractivity (Wildman–Crippen MR) is 91.6 cm³/mol. The van der Waals surface area contributed by atoms with E-state index in [9.17, 15) is 4.79 Å². The quantitative estimate of drug-likeness (QED) is 0.727. The molecule has 0 aromatic heterocycles. The summed E-state index contributed by atoms with van der Waals surface area (Å²) < 4.78 is 11.3. The van der Waals surface area contributed by atoms with Crippen LogP contribution < -0.4 is 4.74 Å². The van der Waals surface area contributed by atoms with E-state index in [-0.39, 0.29) is 6.42 Å². The van der Waals surface area contributed by atoms with Gasteiger partial charge in [0.15, 0.2) is 6.29 Å². The molecule has 6 heteroatoms. The van der Waals surface area contributed by atoms with Crippen molar-refractivity contribution in [1.82, 2.24) is 5.01 Å². The Bertz CT molecular complexity index is 782. The molecule has 0 saturated carbocycles. The van der Waals surface area contributed by atoms with Crippen LogP contribution in [0.3, 0.4) is 0 Å². The maximum atomic E-state index is 11.1. The van der Waals surface area contributed by atoms with E-state index in [0.717, 1.165) is 16.9 Å². The van der Waals surface area contributed by atoms with Crippen LogP contribution in [0.4, 0.5) is 0 Å². The van der Waals surface area contributed by atoms with Crippen LogP contribution in [0.25, 0.3) is 0 Å². The van der Waals surface area contributed by atoms with Crippen molar-refractivity contribution in [2.24, 2.45) is 5.10 Å². The number of ether oxygens (including phenoxy) is 2. The third-order valence-electron chi connectivity index (χ3n) is 3.66. The molecule has 0 bridgehead atoms. The molecule has 0 saturated heterocycles. The van der Waals surface area contributed by atoms with Crippen LogP contribution in [-0.2, 0) is 16.1 Å². The number of rotatable bonds is 7. The summed E-state index contributed by atoms with van der Waals surface area (Å²) in [6, 6.07) is 19.3. The smallest absolute Gasteiger partial charge is 0.245 e. The van der Waals surface area contributed by atoms with Crippen molar-refractivity contribution in [3.05, 3.63) is 65.7 Å². The molecular formula is C19H17N3O3. The molecule has 6 nitrogen and oxygen atoms in total. The molecule has 2 aromatic carbocycles. The Hall–Kier alpha value is -3.33. The van der Waals surface area contributed by atoms with E-state index in [1.54, 1.807) is 0 Å². The standard InChI is InChI=1S/C19H17N3O3/c20-11-4-12-22-18(13-23)25-19(21-22)16-7-9-17(10-8-16)24-14-15-5-2-1-3-6-15/h1-3,5-10,13,18H,4,12,14H2. The first-order chi connectivity index (χ1) is 12.3. The molecule has 25 heavy (non-hydrogen) atoms. The molecule has 1 aliphatic rings. The first-order valence-corrected chi connectivity index (χ1v) is 7.91. The Kier molecular flexibility index (Phi) is 5.27. The van der Waals surface area contributed by atoms with Gasteiger partial charge in [-0.05, 0) is 29.8 Å². The summed E-state index contributed by atoms with van der Waals surface area (Å²) in [7, 11) is 0. The number of nitrogens with zero attached hydrogens (tertiary/aromatic N) is 3. The van der Waals surface area contributed by atoms with E-state index < -0.39 is 6.23 Å². The molecule has 2 aromatic rings. The van der Waals surface area contributed by atoms with E-state index in [1.165, 1.54) is 5.01 Å². The second-order valence-corrected chi connectivity index (χ2v) is 5.42. The molecule has 0 fully saturated rings. The first-order valence-electron chi connectivity index (χ1n) is 7.91. The van der Waals surface area contributed by atoms with Crippen molar-refractivity contribution in [2.45, 2.75) is 19.3 Å². The van der Waals surface area contributed by atoms with Crippen LogP contribution in [0.1, 0.15) is 17.5 Å². The lowest BCUT2D eigenvalue weighted by Crippen LogP contribution is -2.30. The van der Waals surface area contributed by atoms with E-state index in [1.807, 2.05) is 60.7 Å². The van der Waals surface area contributed by atoms with Gasteiger partial charge in [0.05, 0.1) is 19.0 Å². The molecule has 1 unspecified atom stereocenters. The van der Waals surface area contributed by atoms with E-state index in [0.29, 0.717) is 25.3 Å². The molecule has 3 rings (SSSR count). The molecule has 0 radical (unpaired) electrons. The molecule has 126 valence electrons. The summed E-state index contributed by atoms with van der Waals surface area (Å²) in [5.41, 5.74) is 1.84. The molecule has 1 heterocycles. The number of hydrogen-bond donors (Lipinski definition) is 0. The van der Waals surface area contributed by atoms with Gasteiger partial charge >= 0.3 is 0 Å². The topological polar surface area (TPSA) is 74.9 Å². The molecule has 1 aliphatic heterocycles. The average molecular weight is 335 g/mol. The zero-order valence-electron chi connectivity index (χ0n) is 13.5. The molecule has 0 N–H and O–H groups in total. The minimum absolute atomic E-state index is 0.275. The molecule has 1 atom stereocenters. The summed E-state index contributed by atoms with van der Waals surface area (Å²) in [5.74, 6) is 1.10. The highest BCUT2D eigenvalue weighted by atomic mass is 16.5. The van der Waals surface area contributed by atoms with Crippen LogP contribution in [0.5, 0.6) is 5.75 Å². The maximum absolute atomic E-state index is 11.1. The second-order valence-electron chi connectivity index (χ2n) is 5.42. The number of benzene rings is 2. The Balaban J connectivity index is 1.64. The van der Waals surface area contributed by atoms with Crippen molar-refractivity contribution in [3.63, 3.8) is 0 Å². The highest BCUT2D eigenvalue weighted by Gasteiger charge is 2.27. The third-order valence-corrected chi connectivity index (χ3v) is 3.66. The third kappa shape index (κ3) is 4.15. The number of hydrogen-bond acceptors (Lipinski definition) is 6. The fourth-order valence-electron chi connectivity index (χ4n) is 2.37. The Morgan fingerprint density at radius 1 is 1.20 bits per heavy atom. The van der Waals surface area contributed by atoms with Gasteiger partial charge in [-0.1, -0.05) is 30.3 Å². The van der Waals surface area contributed by atoms with Gasteiger partial charge in [-0.25, -0.2) is 5.01 Å². The fourth-order valence-corrected chi connectivity index (χ4v) is 2.37. The van der Waals surface area contributed by atoms with Crippen LogP contribution in [-0.4, -0.2) is 30.0 Å². The van der Waals surface area contributed by atoms with Crippen molar-refractivity contribution in [3.8, 4) is 11.8 Å². The Morgan fingerprint density at radius 2 is 1.96 bits per heavy atom. The Morgan fingerprint density at radius 3 is 2.64 bits per heavy atom. The lowest BCUT2D eigenvalue weighted by atomic mass is 10.2. The van der Waals surface area contributed by atoms with Gasteiger partial charge in [-0.3, -0.25) is 4.79 Å².